The van der Waals surface area contributed by atoms with Gasteiger partial charge in [-0.15, -0.1) is 0 Å². The minimum Gasteiger partial charge on any atom is -0.480 e. The van der Waals surface area contributed by atoms with Crippen molar-refractivity contribution in [3.63, 3.8) is 0 Å². The van der Waals surface area contributed by atoms with Crippen LogP contribution >= 0.6 is 11.8 Å². The molecule has 0 bridgehead atoms. The average Bonchev–Trinajstić information content (AvgIpc) is 3.20. The normalized spacial score (nSPS) is 23.2. The van der Waals surface area contributed by atoms with Crippen LogP contribution in [-0.4, -0.2) is 64.1 Å². The quantitative estimate of drug-likeness (QED) is 0.836. The third kappa shape index (κ3) is 4.30. The predicted octanol–water partition coefficient (Wildman–Crippen LogP) is 1.73. The standard InChI is InChI=1S/C13H22N2O3S/c1-2-11-8-14(5-6-19-11)13(18)15(9-12(16)17)7-10-3-4-10/h10-11H,2-9H2,1H3,(H,16,17). The van der Waals surface area contributed by atoms with Gasteiger partial charge < -0.3 is 14.9 Å². The summed E-state index contributed by atoms with van der Waals surface area (Å²) in [7, 11) is 0. The maximum atomic E-state index is 12.4. The molecule has 0 aromatic carbocycles. The Balaban J connectivity index is 1.94. The molecular formula is C13H22N2O3S. The molecule has 1 saturated carbocycles. The van der Waals surface area contributed by atoms with Crippen LogP contribution in [0.25, 0.3) is 0 Å². The van der Waals surface area contributed by atoms with Crippen LogP contribution in [0.4, 0.5) is 4.79 Å². The highest BCUT2D eigenvalue weighted by molar-refractivity contribution is 8.00. The number of carbonyl (C=O) groups excluding carboxylic acids is 1. The lowest BCUT2D eigenvalue weighted by Gasteiger charge is -2.35. The zero-order valence-electron chi connectivity index (χ0n) is 11.4. The summed E-state index contributed by atoms with van der Waals surface area (Å²) in [5.41, 5.74) is 0. The van der Waals surface area contributed by atoms with E-state index in [1.807, 2.05) is 16.7 Å². The van der Waals surface area contributed by atoms with Crippen LogP contribution in [0, 0.1) is 5.92 Å². The molecule has 2 rings (SSSR count). The molecule has 0 aromatic heterocycles. The summed E-state index contributed by atoms with van der Waals surface area (Å²) in [6, 6.07) is -0.0898. The van der Waals surface area contributed by atoms with Crippen LogP contribution in [-0.2, 0) is 4.79 Å². The Morgan fingerprint density at radius 1 is 1.42 bits per heavy atom. The molecule has 1 aliphatic heterocycles. The lowest BCUT2D eigenvalue weighted by atomic mass is 10.3. The van der Waals surface area contributed by atoms with Gasteiger partial charge in [0.15, 0.2) is 0 Å². The van der Waals surface area contributed by atoms with Crippen molar-refractivity contribution in [2.24, 2.45) is 5.92 Å². The lowest BCUT2D eigenvalue weighted by molar-refractivity contribution is -0.137. The van der Waals surface area contributed by atoms with Crippen LogP contribution in [0.5, 0.6) is 0 Å². The first kappa shape index (κ1) is 14.5. The largest absolute Gasteiger partial charge is 0.480 e. The maximum Gasteiger partial charge on any atom is 0.323 e. The number of thioether (sulfide) groups is 1. The molecule has 0 aromatic rings. The van der Waals surface area contributed by atoms with Crippen LogP contribution in [0.3, 0.4) is 0 Å². The Morgan fingerprint density at radius 2 is 2.16 bits per heavy atom. The third-order valence-electron chi connectivity index (χ3n) is 3.64. The van der Waals surface area contributed by atoms with E-state index in [9.17, 15) is 9.59 Å². The lowest BCUT2D eigenvalue weighted by Crippen LogP contribution is -2.50. The molecule has 19 heavy (non-hydrogen) atoms. The summed E-state index contributed by atoms with van der Waals surface area (Å²) in [5, 5.41) is 9.44. The summed E-state index contributed by atoms with van der Waals surface area (Å²) >= 11 is 1.91. The fourth-order valence-electron chi connectivity index (χ4n) is 2.33. The summed E-state index contributed by atoms with van der Waals surface area (Å²) in [4.78, 5) is 26.7. The second kappa shape index (κ2) is 6.50. The molecule has 2 aliphatic rings. The second-order valence-corrected chi connectivity index (χ2v) is 6.76. The molecule has 1 unspecified atom stereocenters. The minimum absolute atomic E-state index is 0.0898. The molecule has 1 aliphatic carbocycles. The molecule has 1 heterocycles. The van der Waals surface area contributed by atoms with Crippen LogP contribution in [0.2, 0.25) is 0 Å². The van der Waals surface area contributed by atoms with Crippen LogP contribution in [0.1, 0.15) is 26.2 Å². The van der Waals surface area contributed by atoms with Gasteiger partial charge in [-0.3, -0.25) is 4.79 Å². The van der Waals surface area contributed by atoms with Gasteiger partial charge in [-0.1, -0.05) is 6.92 Å². The summed E-state index contributed by atoms with van der Waals surface area (Å²) in [5.74, 6) is 0.547. The average molecular weight is 286 g/mol. The van der Waals surface area contributed by atoms with Gasteiger partial charge in [0.05, 0.1) is 0 Å². The molecular weight excluding hydrogens is 264 g/mol. The topological polar surface area (TPSA) is 60.9 Å². The van der Waals surface area contributed by atoms with Crippen molar-refractivity contribution in [2.75, 3.05) is 31.9 Å². The van der Waals surface area contributed by atoms with Crippen molar-refractivity contribution in [1.29, 1.82) is 0 Å². The molecule has 1 saturated heterocycles. The number of aliphatic carboxylic acids is 1. The van der Waals surface area contributed by atoms with Gasteiger partial charge in [0, 0.05) is 30.6 Å². The van der Waals surface area contributed by atoms with Crippen LogP contribution < -0.4 is 0 Å². The van der Waals surface area contributed by atoms with Gasteiger partial charge >= 0.3 is 12.0 Å². The zero-order valence-corrected chi connectivity index (χ0v) is 12.2. The van der Waals surface area contributed by atoms with E-state index >= 15 is 0 Å². The molecule has 6 heteroatoms. The molecule has 0 radical (unpaired) electrons. The smallest absolute Gasteiger partial charge is 0.323 e. The van der Waals surface area contributed by atoms with Crippen molar-refractivity contribution < 1.29 is 14.7 Å². The van der Waals surface area contributed by atoms with E-state index in [-0.39, 0.29) is 12.6 Å². The SMILES string of the molecule is CCC1CN(C(=O)N(CC(=O)O)CC2CC2)CCS1. The number of rotatable bonds is 5. The minimum atomic E-state index is -0.924. The number of nitrogens with zero attached hydrogens (tertiary/aromatic N) is 2. The van der Waals surface area contributed by atoms with E-state index in [1.165, 1.54) is 4.90 Å². The maximum absolute atomic E-state index is 12.4. The van der Waals surface area contributed by atoms with Gasteiger partial charge in [0.25, 0.3) is 0 Å². The first-order valence-corrected chi connectivity index (χ1v) is 8.02. The fourth-order valence-corrected chi connectivity index (χ4v) is 3.51. The van der Waals surface area contributed by atoms with Gasteiger partial charge in [-0.25, -0.2) is 4.79 Å². The van der Waals surface area contributed by atoms with Crippen molar-refractivity contribution in [3.8, 4) is 0 Å². The highest BCUT2D eigenvalue weighted by Gasteiger charge is 2.32. The molecule has 2 fully saturated rings. The van der Waals surface area contributed by atoms with Gasteiger partial charge in [-0.2, -0.15) is 11.8 Å². The van der Waals surface area contributed by atoms with Crippen molar-refractivity contribution in [2.45, 2.75) is 31.4 Å². The van der Waals surface area contributed by atoms with Gasteiger partial charge in [-0.05, 0) is 25.2 Å². The number of amides is 2. The molecule has 1 atom stereocenters. The summed E-state index contributed by atoms with van der Waals surface area (Å²) in [6.45, 7) is 4.05. The molecule has 108 valence electrons. The van der Waals surface area contributed by atoms with E-state index in [0.29, 0.717) is 17.7 Å². The summed E-state index contributed by atoms with van der Waals surface area (Å²) in [6.07, 6.45) is 3.30. The second-order valence-electron chi connectivity index (χ2n) is 5.35. The number of hydrogen-bond donors (Lipinski definition) is 1. The first-order chi connectivity index (χ1) is 9.10. The van der Waals surface area contributed by atoms with Gasteiger partial charge in [0.2, 0.25) is 0 Å². The number of carbonyl (C=O) groups is 2. The van der Waals surface area contributed by atoms with E-state index in [0.717, 1.165) is 38.1 Å². The number of carboxylic acids is 1. The Bertz CT molecular complexity index is 347. The highest BCUT2D eigenvalue weighted by Crippen LogP contribution is 2.30. The van der Waals surface area contributed by atoms with E-state index in [1.54, 1.807) is 0 Å². The van der Waals surface area contributed by atoms with Crippen LogP contribution in [0.15, 0.2) is 0 Å². The van der Waals surface area contributed by atoms with Crippen molar-refractivity contribution in [1.82, 2.24) is 9.80 Å². The first-order valence-electron chi connectivity index (χ1n) is 6.97. The monoisotopic (exact) mass is 286 g/mol. The Labute approximate surface area is 118 Å². The predicted molar refractivity (Wildman–Crippen MR) is 75.4 cm³/mol. The highest BCUT2D eigenvalue weighted by atomic mass is 32.2. The Hall–Kier alpha value is -0.910. The number of hydrogen-bond acceptors (Lipinski definition) is 3. The number of urea groups is 1. The zero-order chi connectivity index (χ0) is 13.8. The van der Waals surface area contributed by atoms with E-state index < -0.39 is 5.97 Å². The molecule has 1 N–H and O–H groups in total. The van der Waals surface area contributed by atoms with Gasteiger partial charge in [0.1, 0.15) is 6.54 Å². The molecule has 0 spiro atoms. The van der Waals surface area contributed by atoms with E-state index in [4.69, 9.17) is 5.11 Å². The molecule has 2 amide bonds. The van der Waals surface area contributed by atoms with Crippen molar-refractivity contribution >= 4 is 23.8 Å². The fraction of sp³-hybridized carbons (Fsp3) is 0.846. The Kier molecular flexibility index (Phi) is 4.96. The Morgan fingerprint density at radius 3 is 2.74 bits per heavy atom. The number of carboxylic acid groups (broad SMARTS) is 1. The van der Waals surface area contributed by atoms with Crippen molar-refractivity contribution in [3.05, 3.63) is 0 Å². The van der Waals surface area contributed by atoms with E-state index in [2.05, 4.69) is 6.92 Å². The summed E-state index contributed by atoms with van der Waals surface area (Å²) < 4.78 is 0. The third-order valence-corrected chi connectivity index (χ3v) is 5.01. The molecule has 5 nitrogen and oxygen atoms in total.